The summed E-state index contributed by atoms with van der Waals surface area (Å²) in [5.74, 6) is -0.0743. The molecule has 2 N–H and O–H groups in total. The van der Waals surface area contributed by atoms with Gasteiger partial charge in [-0.05, 0) is 60.9 Å². The summed E-state index contributed by atoms with van der Waals surface area (Å²) >= 11 is 0. The summed E-state index contributed by atoms with van der Waals surface area (Å²) in [6.07, 6.45) is 3.40. The van der Waals surface area contributed by atoms with Gasteiger partial charge in [0, 0.05) is 12.2 Å². The molecule has 126 valence electrons. The maximum atomic E-state index is 12.9. The van der Waals surface area contributed by atoms with E-state index in [0.29, 0.717) is 18.9 Å². The van der Waals surface area contributed by atoms with Gasteiger partial charge in [0.1, 0.15) is 11.4 Å². The predicted molar refractivity (Wildman–Crippen MR) is 90.7 cm³/mol. The minimum absolute atomic E-state index is 0.168. The Morgan fingerprint density at radius 1 is 1.33 bits per heavy atom. The first-order valence-corrected chi connectivity index (χ1v) is 8.30. The zero-order valence-corrected chi connectivity index (χ0v) is 13.7. The monoisotopic (exact) mass is 328 g/mol. The fourth-order valence-electron chi connectivity index (χ4n) is 3.12. The first-order valence-electron chi connectivity index (χ1n) is 8.30. The van der Waals surface area contributed by atoms with Crippen LogP contribution in [-0.2, 0) is 19.3 Å². The molecule has 0 saturated heterocycles. The Morgan fingerprint density at radius 3 is 2.83 bits per heavy atom. The summed E-state index contributed by atoms with van der Waals surface area (Å²) in [5, 5.41) is 2.77. The standard InChI is InChI=1S/C19H21FN2O2/c1-12-2-7-17-14(10-12)11-16(19(24)22-17)18(23)21-9-8-13-3-5-15(20)6-4-13/h3-6,11-12H,2,7-10H2,1H3,(H,21,23)(H,22,24). The molecule has 3 rings (SSSR count). The van der Waals surface area contributed by atoms with Gasteiger partial charge in [0.2, 0.25) is 0 Å². The Morgan fingerprint density at radius 2 is 2.08 bits per heavy atom. The summed E-state index contributed by atoms with van der Waals surface area (Å²) in [4.78, 5) is 27.3. The molecule has 1 amide bonds. The molecule has 1 aromatic carbocycles. The smallest absolute Gasteiger partial charge is 0.261 e. The van der Waals surface area contributed by atoms with E-state index >= 15 is 0 Å². The van der Waals surface area contributed by atoms with Crippen molar-refractivity contribution < 1.29 is 9.18 Å². The molecule has 1 heterocycles. The number of fused-ring (bicyclic) bond motifs is 1. The van der Waals surface area contributed by atoms with Crippen molar-refractivity contribution in [1.29, 1.82) is 0 Å². The molecule has 0 spiro atoms. The number of nitrogens with one attached hydrogen (secondary N) is 2. The zero-order valence-electron chi connectivity index (χ0n) is 13.7. The maximum Gasteiger partial charge on any atom is 0.261 e. The van der Waals surface area contributed by atoms with Crippen molar-refractivity contribution in [1.82, 2.24) is 10.3 Å². The van der Waals surface area contributed by atoms with Crippen LogP contribution in [0.2, 0.25) is 0 Å². The largest absolute Gasteiger partial charge is 0.352 e. The van der Waals surface area contributed by atoms with Crippen LogP contribution in [-0.4, -0.2) is 17.4 Å². The van der Waals surface area contributed by atoms with Crippen LogP contribution < -0.4 is 10.9 Å². The predicted octanol–water partition coefficient (Wildman–Crippen LogP) is 2.61. The summed E-state index contributed by atoms with van der Waals surface area (Å²) in [5.41, 5.74) is 2.80. The normalized spacial score (nSPS) is 16.5. The topological polar surface area (TPSA) is 62.0 Å². The molecule has 0 aliphatic heterocycles. The van der Waals surface area contributed by atoms with E-state index in [1.807, 2.05) is 0 Å². The van der Waals surface area contributed by atoms with Gasteiger partial charge in [-0.3, -0.25) is 9.59 Å². The Kier molecular flexibility index (Phi) is 4.79. The van der Waals surface area contributed by atoms with Crippen molar-refractivity contribution in [3.63, 3.8) is 0 Å². The van der Waals surface area contributed by atoms with E-state index in [4.69, 9.17) is 0 Å². The third-order valence-electron chi connectivity index (χ3n) is 4.53. The minimum Gasteiger partial charge on any atom is -0.352 e. The van der Waals surface area contributed by atoms with Crippen molar-refractivity contribution in [2.45, 2.75) is 32.6 Å². The maximum absolute atomic E-state index is 12.9. The number of carbonyl (C=O) groups is 1. The number of aryl methyl sites for hydroxylation is 1. The second kappa shape index (κ2) is 6.99. The van der Waals surface area contributed by atoms with E-state index in [0.717, 1.165) is 36.1 Å². The highest BCUT2D eigenvalue weighted by Gasteiger charge is 2.19. The van der Waals surface area contributed by atoms with Crippen molar-refractivity contribution >= 4 is 5.91 Å². The SMILES string of the molecule is CC1CCc2[nH]c(=O)c(C(=O)NCCc3ccc(F)cc3)cc2C1. The van der Waals surface area contributed by atoms with Gasteiger partial charge in [0.15, 0.2) is 0 Å². The van der Waals surface area contributed by atoms with Crippen molar-refractivity contribution in [3.05, 3.63) is 68.9 Å². The Hall–Kier alpha value is -2.43. The van der Waals surface area contributed by atoms with Gasteiger partial charge >= 0.3 is 0 Å². The number of pyridine rings is 1. The summed E-state index contributed by atoms with van der Waals surface area (Å²) < 4.78 is 12.9. The number of aromatic amines is 1. The molecular formula is C19H21FN2O2. The molecular weight excluding hydrogens is 307 g/mol. The van der Waals surface area contributed by atoms with Gasteiger partial charge in [0.05, 0.1) is 0 Å². The molecule has 1 aliphatic rings. The quantitative estimate of drug-likeness (QED) is 0.906. The molecule has 0 radical (unpaired) electrons. The average molecular weight is 328 g/mol. The highest BCUT2D eigenvalue weighted by Crippen LogP contribution is 2.23. The van der Waals surface area contributed by atoms with E-state index < -0.39 is 0 Å². The van der Waals surface area contributed by atoms with Crippen LogP contribution in [0.3, 0.4) is 0 Å². The summed E-state index contributed by atoms with van der Waals surface area (Å²) in [6.45, 7) is 2.58. The van der Waals surface area contributed by atoms with Crippen molar-refractivity contribution in [2.24, 2.45) is 5.92 Å². The van der Waals surface area contributed by atoms with Gasteiger partial charge < -0.3 is 10.3 Å². The molecule has 1 unspecified atom stereocenters. The first kappa shape index (κ1) is 16.4. The number of amides is 1. The van der Waals surface area contributed by atoms with Gasteiger partial charge in [0.25, 0.3) is 11.5 Å². The van der Waals surface area contributed by atoms with Crippen LogP contribution in [0.25, 0.3) is 0 Å². The minimum atomic E-state index is -0.362. The van der Waals surface area contributed by atoms with Gasteiger partial charge in [-0.2, -0.15) is 0 Å². The van der Waals surface area contributed by atoms with Crippen LogP contribution in [0.4, 0.5) is 4.39 Å². The van der Waals surface area contributed by atoms with E-state index in [9.17, 15) is 14.0 Å². The van der Waals surface area contributed by atoms with Crippen LogP contribution >= 0.6 is 0 Å². The van der Waals surface area contributed by atoms with Crippen molar-refractivity contribution in [3.8, 4) is 0 Å². The number of aromatic nitrogens is 1. The Labute approximate surface area is 140 Å². The van der Waals surface area contributed by atoms with Gasteiger partial charge in [-0.15, -0.1) is 0 Å². The number of hydrogen-bond donors (Lipinski definition) is 2. The Balaban J connectivity index is 1.65. The highest BCUT2D eigenvalue weighted by atomic mass is 19.1. The highest BCUT2D eigenvalue weighted by molar-refractivity contribution is 5.94. The second-order valence-electron chi connectivity index (χ2n) is 6.50. The number of halogens is 1. The molecule has 2 aromatic rings. The number of carbonyl (C=O) groups excluding carboxylic acids is 1. The number of rotatable bonds is 4. The fourth-order valence-corrected chi connectivity index (χ4v) is 3.12. The summed E-state index contributed by atoms with van der Waals surface area (Å²) in [7, 11) is 0. The van der Waals surface area contributed by atoms with E-state index in [-0.39, 0.29) is 22.8 Å². The van der Waals surface area contributed by atoms with Crippen LogP contribution in [0.5, 0.6) is 0 Å². The lowest BCUT2D eigenvalue weighted by Crippen LogP contribution is -2.32. The lowest BCUT2D eigenvalue weighted by atomic mass is 9.87. The molecule has 1 atom stereocenters. The van der Waals surface area contributed by atoms with Gasteiger partial charge in [-0.1, -0.05) is 19.1 Å². The second-order valence-corrected chi connectivity index (χ2v) is 6.50. The van der Waals surface area contributed by atoms with Crippen LogP contribution in [0.1, 0.15) is 40.5 Å². The number of H-pyrrole nitrogens is 1. The summed E-state index contributed by atoms with van der Waals surface area (Å²) in [6, 6.07) is 7.90. The average Bonchev–Trinajstić information content (AvgIpc) is 2.56. The fraction of sp³-hybridized carbons (Fsp3) is 0.368. The van der Waals surface area contributed by atoms with Crippen LogP contribution in [0.15, 0.2) is 35.1 Å². The molecule has 0 fully saturated rings. The van der Waals surface area contributed by atoms with E-state index in [2.05, 4.69) is 17.2 Å². The molecule has 0 saturated carbocycles. The Bertz CT molecular complexity index is 796. The molecule has 0 bridgehead atoms. The third kappa shape index (κ3) is 3.72. The van der Waals surface area contributed by atoms with Crippen LogP contribution in [0, 0.1) is 11.7 Å². The first-order chi connectivity index (χ1) is 11.5. The zero-order chi connectivity index (χ0) is 17.1. The van der Waals surface area contributed by atoms with E-state index in [1.165, 1.54) is 12.1 Å². The van der Waals surface area contributed by atoms with Gasteiger partial charge in [-0.25, -0.2) is 4.39 Å². The molecule has 5 heteroatoms. The van der Waals surface area contributed by atoms with E-state index in [1.54, 1.807) is 18.2 Å². The third-order valence-corrected chi connectivity index (χ3v) is 4.53. The van der Waals surface area contributed by atoms with Crippen molar-refractivity contribution in [2.75, 3.05) is 6.54 Å². The molecule has 24 heavy (non-hydrogen) atoms. The molecule has 1 aliphatic carbocycles. The molecule has 4 nitrogen and oxygen atoms in total. The lowest BCUT2D eigenvalue weighted by Gasteiger charge is -2.21. The number of hydrogen-bond acceptors (Lipinski definition) is 2. The molecule has 1 aromatic heterocycles. The number of benzene rings is 1. The lowest BCUT2D eigenvalue weighted by molar-refractivity contribution is 0.0952.